The van der Waals surface area contributed by atoms with Gasteiger partial charge < -0.3 is 15.0 Å². The number of imidazole rings is 1. The van der Waals surface area contributed by atoms with E-state index in [1.165, 1.54) is 25.2 Å². The summed E-state index contributed by atoms with van der Waals surface area (Å²) >= 11 is 0. The number of aliphatic hydroxyl groups is 1. The summed E-state index contributed by atoms with van der Waals surface area (Å²) in [6.07, 6.45) is 3.73. The van der Waals surface area contributed by atoms with Crippen LogP contribution in [0.1, 0.15) is 52.2 Å². The van der Waals surface area contributed by atoms with Gasteiger partial charge in [-0.1, -0.05) is 129 Å². The molecule has 1 aromatic heterocycles. The molecule has 0 aliphatic rings. The lowest BCUT2D eigenvalue weighted by atomic mass is 9.76. The molecule has 6 heteroatoms. The first-order chi connectivity index (χ1) is 22.3. The van der Waals surface area contributed by atoms with Crippen LogP contribution in [0.15, 0.2) is 146 Å². The van der Waals surface area contributed by atoms with Crippen LogP contribution in [-0.4, -0.2) is 27.6 Å². The van der Waals surface area contributed by atoms with Crippen molar-refractivity contribution in [1.29, 1.82) is 0 Å². The van der Waals surface area contributed by atoms with Crippen LogP contribution in [0.25, 0.3) is 11.1 Å². The zero-order valence-electron chi connectivity index (χ0n) is 26.1. The van der Waals surface area contributed by atoms with E-state index in [2.05, 4.69) is 46.3 Å². The van der Waals surface area contributed by atoms with E-state index < -0.39 is 17.0 Å². The number of nitrogens with one attached hydrogen (secondary N) is 1. The summed E-state index contributed by atoms with van der Waals surface area (Å²) in [6.45, 7) is 3.91. The highest BCUT2D eigenvalue weighted by molar-refractivity contribution is 5.95. The van der Waals surface area contributed by atoms with E-state index in [-0.39, 0.29) is 11.8 Å². The average Bonchev–Trinajstić information content (AvgIpc) is 3.60. The molecule has 1 atom stereocenters. The lowest BCUT2D eigenvalue weighted by Crippen LogP contribution is -2.37. The summed E-state index contributed by atoms with van der Waals surface area (Å²) in [6, 6.07) is 42.4. The zero-order chi connectivity index (χ0) is 32.3. The molecule has 0 spiro atoms. The Bertz CT molecular complexity index is 1840. The monoisotopic (exact) mass is 609 g/mol. The van der Waals surface area contributed by atoms with Crippen LogP contribution in [0.4, 0.5) is 4.39 Å². The van der Waals surface area contributed by atoms with E-state index in [1.54, 1.807) is 30.6 Å². The minimum atomic E-state index is -1.46. The normalized spacial score (nSPS) is 12.9. The summed E-state index contributed by atoms with van der Waals surface area (Å²) in [5, 5.41) is 15.1. The summed E-state index contributed by atoms with van der Waals surface area (Å²) in [7, 11) is 1.54. The number of carbonyl (C=O) groups excluding carboxylic acids is 1. The molecule has 1 amide bonds. The smallest absolute Gasteiger partial charge is 0.251 e. The van der Waals surface area contributed by atoms with E-state index >= 15 is 0 Å². The van der Waals surface area contributed by atoms with Crippen molar-refractivity contribution in [1.82, 2.24) is 14.9 Å². The molecule has 1 unspecified atom stereocenters. The lowest BCUT2D eigenvalue weighted by Gasteiger charge is -2.37. The van der Waals surface area contributed by atoms with E-state index in [0.717, 1.165) is 16.7 Å². The lowest BCUT2D eigenvalue weighted by molar-refractivity contribution is 0.0278. The van der Waals surface area contributed by atoms with Crippen LogP contribution in [-0.2, 0) is 11.1 Å². The first kappa shape index (κ1) is 30.7. The Balaban J connectivity index is 1.49. The summed E-state index contributed by atoms with van der Waals surface area (Å²) in [4.78, 5) is 17.1. The van der Waals surface area contributed by atoms with Crippen molar-refractivity contribution in [2.24, 2.45) is 5.92 Å². The number of halogens is 1. The Hall–Kier alpha value is -5.33. The van der Waals surface area contributed by atoms with Gasteiger partial charge in [0.2, 0.25) is 0 Å². The van der Waals surface area contributed by atoms with E-state index in [1.807, 2.05) is 74.6 Å². The van der Waals surface area contributed by atoms with Crippen LogP contribution < -0.4 is 5.32 Å². The third kappa shape index (κ3) is 5.21. The Morgan fingerprint density at radius 1 is 0.761 bits per heavy atom. The fraction of sp³-hybridized carbons (Fsp3) is 0.150. The van der Waals surface area contributed by atoms with Gasteiger partial charge in [-0.2, -0.15) is 0 Å². The highest BCUT2D eigenvalue weighted by atomic mass is 19.1. The topological polar surface area (TPSA) is 67.2 Å². The maximum absolute atomic E-state index is 14.9. The number of nitrogens with zero attached hydrogens (tertiary/aromatic N) is 2. The molecule has 230 valence electrons. The number of hydrogen-bond acceptors (Lipinski definition) is 3. The maximum atomic E-state index is 14.9. The SMILES string of the molecule is CNC(=O)c1ccc(F)c(-c2ccc(C(O)(c3cn(C(c4ccccc4)(c4ccccc4)c4ccccc4)cn3)C(C)C)cc2)c1. The van der Waals surface area contributed by atoms with Gasteiger partial charge in [0.15, 0.2) is 0 Å². The molecule has 0 aliphatic heterocycles. The van der Waals surface area contributed by atoms with Crippen molar-refractivity contribution in [2.75, 3.05) is 7.05 Å². The van der Waals surface area contributed by atoms with Gasteiger partial charge in [0.1, 0.15) is 17.0 Å². The number of benzene rings is 5. The van der Waals surface area contributed by atoms with Crippen molar-refractivity contribution in [2.45, 2.75) is 25.0 Å². The molecule has 6 rings (SSSR count). The second-order valence-corrected chi connectivity index (χ2v) is 11.7. The summed E-state index contributed by atoms with van der Waals surface area (Å²) in [5.41, 5.74) is 3.32. The highest BCUT2D eigenvalue weighted by Gasteiger charge is 2.42. The standard InChI is InChI=1S/C40H36FN3O2/c1-28(2)40(46,34-22-19-29(20-23-34)35-25-30(38(45)42-3)21-24-36(35)41)37-26-44(27-43-37)39(31-13-7-4-8-14-31,32-15-9-5-10-16-32)33-17-11-6-12-18-33/h4-28,46H,1-3H3,(H,42,45). The maximum Gasteiger partial charge on any atom is 0.251 e. The molecule has 0 bridgehead atoms. The Labute approximate surface area is 269 Å². The third-order valence-electron chi connectivity index (χ3n) is 8.86. The highest BCUT2D eigenvalue weighted by Crippen LogP contribution is 2.43. The minimum Gasteiger partial charge on any atom is -0.378 e. The number of amides is 1. The molecule has 5 aromatic carbocycles. The molecule has 5 nitrogen and oxygen atoms in total. The van der Waals surface area contributed by atoms with E-state index in [4.69, 9.17) is 4.98 Å². The zero-order valence-corrected chi connectivity index (χ0v) is 26.1. The minimum absolute atomic E-state index is 0.255. The van der Waals surface area contributed by atoms with Crippen LogP contribution in [0, 0.1) is 11.7 Å². The quantitative estimate of drug-likeness (QED) is 0.165. The van der Waals surface area contributed by atoms with Crippen molar-refractivity contribution in [3.8, 4) is 11.1 Å². The average molecular weight is 610 g/mol. The molecule has 0 saturated heterocycles. The van der Waals surface area contributed by atoms with Gasteiger partial charge in [0.05, 0.1) is 12.0 Å². The van der Waals surface area contributed by atoms with Crippen molar-refractivity contribution < 1.29 is 14.3 Å². The predicted octanol–water partition coefficient (Wildman–Crippen LogP) is 7.78. The van der Waals surface area contributed by atoms with Gasteiger partial charge in [-0.3, -0.25) is 4.79 Å². The first-order valence-electron chi connectivity index (χ1n) is 15.4. The van der Waals surface area contributed by atoms with Crippen molar-refractivity contribution in [3.05, 3.63) is 185 Å². The van der Waals surface area contributed by atoms with Crippen molar-refractivity contribution >= 4 is 5.91 Å². The van der Waals surface area contributed by atoms with Gasteiger partial charge >= 0.3 is 0 Å². The molecule has 6 aromatic rings. The molecule has 46 heavy (non-hydrogen) atoms. The van der Waals surface area contributed by atoms with Gasteiger partial charge in [0.25, 0.3) is 5.91 Å². The van der Waals surface area contributed by atoms with Gasteiger partial charge in [-0.05, 0) is 51.9 Å². The molecular weight excluding hydrogens is 573 g/mol. The Morgan fingerprint density at radius 3 is 1.76 bits per heavy atom. The van der Waals surface area contributed by atoms with Crippen LogP contribution in [0.5, 0.6) is 0 Å². The van der Waals surface area contributed by atoms with Gasteiger partial charge in [-0.15, -0.1) is 0 Å². The molecule has 0 saturated carbocycles. The molecular formula is C40H36FN3O2. The van der Waals surface area contributed by atoms with Crippen LogP contribution in [0.2, 0.25) is 0 Å². The largest absolute Gasteiger partial charge is 0.378 e. The van der Waals surface area contributed by atoms with Gasteiger partial charge in [0, 0.05) is 24.4 Å². The van der Waals surface area contributed by atoms with Crippen LogP contribution >= 0.6 is 0 Å². The summed E-state index contributed by atoms with van der Waals surface area (Å²) < 4.78 is 17.0. The third-order valence-corrected chi connectivity index (χ3v) is 8.86. The second-order valence-electron chi connectivity index (χ2n) is 11.7. The molecule has 0 radical (unpaired) electrons. The molecule has 0 fully saturated rings. The first-order valence-corrected chi connectivity index (χ1v) is 15.4. The molecule has 1 heterocycles. The Kier molecular flexibility index (Phi) is 8.39. The number of rotatable bonds is 9. The number of aromatic nitrogens is 2. The second kappa shape index (κ2) is 12.6. The Morgan fingerprint density at radius 2 is 1.28 bits per heavy atom. The number of carbonyl (C=O) groups is 1. The van der Waals surface area contributed by atoms with E-state index in [0.29, 0.717) is 27.9 Å². The fourth-order valence-corrected chi connectivity index (χ4v) is 6.40. The molecule has 0 aliphatic carbocycles. The van der Waals surface area contributed by atoms with E-state index in [9.17, 15) is 14.3 Å². The summed E-state index contributed by atoms with van der Waals surface area (Å²) in [5.74, 6) is -0.979. The van der Waals surface area contributed by atoms with Gasteiger partial charge in [-0.25, -0.2) is 9.37 Å². The predicted molar refractivity (Wildman–Crippen MR) is 180 cm³/mol. The fourth-order valence-electron chi connectivity index (χ4n) is 6.40. The van der Waals surface area contributed by atoms with Crippen molar-refractivity contribution in [3.63, 3.8) is 0 Å². The van der Waals surface area contributed by atoms with Crippen LogP contribution in [0.3, 0.4) is 0 Å². The number of hydrogen-bond donors (Lipinski definition) is 2. The molecule has 2 N–H and O–H groups in total.